The minimum absolute atomic E-state index is 0. The van der Waals surface area contributed by atoms with Gasteiger partial charge < -0.3 is 5.11 Å². The van der Waals surface area contributed by atoms with Crippen molar-refractivity contribution in [3.63, 3.8) is 0 Å². The number of azo groups is 1. The number of hydrogen-bond acceptors (Lipinski definition) is 3. The molecule has 2 rings (SSSR count). The maximum atomic E-state index is 10.6. The molecular formula is C8H7ClN2O2. The van der Waals surface area contributed by atoms with Crippen molar-refractivity contribution in [3.05, 3.63) is 35.2 Å². The summed E-state index contributed by atoms with van der Waals surface area (Å²) in [4.78, 5) is 10.6. The summed E-state index contributed by atoms with van der Waals surface area (Å²) in [5.74, 6) is -0.877. The van der Waals surface area contributed by atoms with E-state index in [2.05, 4.69) is 10.2 Å². The maximum Gasteiger partial charge on any atom is 0.331 e. The maximum absolute atomic E-state index is 10.6. The molecule has 0 aromatic heterocycles. The van der Waals surface area contributed by atoms with Crippen LogP contribution in [0.15, 0.2) is 45.4 Å². The molecule has 0 aromatic rings. The fraction of sp³-hybridized carbons (Fsp3) is 0.125. The average Bonchev–Trinajstić information content (AvgIpc) is 2.49. The van der Waals surface area contributed by atoms with Crippen molar-refractivity contribution in [2.45, 2.75) is 6.42 Å². The molecule has 2 aliphatic rings. The first-order valence-corrected chi connectivity index (χ1v) is 3.52. The number of nitrogens with zero attached hydrogens (tertiary/aromatic N) is 2. The summed E-state index contributed by atoms with van der Waals surface area (Å²) in [5, 5.41) is 16.2. The fourth-order valence-corrected chi connectivity index (χ4v) is 1.16. The van der Waals surface area contributed by atoms with E-state index in [1.54, 1.807) is 18.4 Å². The van der Waals surface area contributed by atoms with Gasteiger partial charge in [0.1, 0.15) is 0 Å². The van der Waals surface area contributed by atoms with E-state index in [1.165, 1.54) is 0 Å². The first kappa shape index (κ1) is 9.67. The van der Waals surface area contributed by atoms with Gasteiger partial charge in [-0.2, -0.15) is 10.2 Å². The Bertz CT molecular complexity index is 366. The molecular weight excluding hydrogens is 192 g/mol. The van der Waals surface area contributed by atoms with Gasteiger partial charge in [0, 0.05) is 17.6 Å². The molecule has 13 heavy (non-hydrogen) atoms. The van der Waals surface area contributed by atoms with Gasteiger partial charge in [-0.3, -0.25) is 0 Å². The third-order valence-corrected chi connectivity index (χ3v) is 1.81. The van der Waals surface area contributed by atoms with E-state index in [0.717, 1.165) is 11.3 Å². The zero-order valence-electron chi connectivity index (χ0n) is 6.60. The number of carbonyl (C=O) groups is 1. The van der Waals surface area contributed by atoms with Crippen LogP contribution in [0.25, 0.3) is 0 Å². The monoisotopic (exact) mass is 198 g/mol. The smallest absolute Gasteiger partial charge is 0.331 e. The number of halogens is 1. The molecule has 1 aliphatic heterocycles. The summed E-state index contributed by atoms with van der Waals surface area (Å²) in [5.41, 5.74) is 2.05. The van der Waals surface area contributed by atoms with Crippen molar-refractivity contribution in [1.82, 2.24) is 0 Å². The van der Waals surface area contributed by atoms with Crippen LogP contribution in [-0.4, -0.2) is 11.1 Å². The van der Waals surface area contributed by atoms with Crippen LogP contribution in [-0.2, 0) is 4.79 Å². The van der Waals surface area contributed by atoms with E-state index in [4.69, 9.17) is 5.11 Å². The fourth-order valence-electron chi connectivity index (χ4n) is 1.16. The van der Waals surface area contributed by atoms with Crippen LogP contribution in [0.2, 0.25) is 0 Å². The summed E-state index contributed by atoms with van der Waals surface area (Å²) in [7, 11) is 0. The quantitative estimate of drug-likeness (QED) is 0.701. The van der Waals surface area contributed by atoms with Crippen LogP contribution in [0.5, 0.6) is 0 Å². The normalized spacial score (nSPS) is 18.0. The molecule has 68 valence electrons. The molecule has 0 spiro atoms. The summed E-state index contributed by atoms with van der Waals surface area (Å²) < 4.78 is 0. The van der Waals surface area contributed by atoms with Gasteiger partial charge in [-0.15, -0.1) is 12.4 Å². The molecule has 0 amide bonds. The van der Waals surface area contributed by atoms with Gasteiger partial charge in [-0.25, -0.2) is 4.79 Å². The predicted molar refractivity (Wildman–Crippen MR) is 48.6 cm³/mol. The van der Waals surface area contributed by atoms with Crippen LogP contribution in [0.3, 0.4) is 0 Å². The first-order chi connectivity index (χ1) is 5.77. The average molecular weight is 199 g/mol. The molecule has 1 aliphatic carbocycles. The van der Waals surface area contributed by atoms with Crippen LogP contribution >= 0.6 is 12.4 Å². The highest BCUT2D eigenvalue weighted by Gasteiger charge is 2.18. The summed E-state index contributed by atoms with van der Waals surface area (Å²) >= 11 is 0. The molecule has 1 heterocycles. The number of carboxylic acids is 1. The van der Waals surface area contributed by atoms with Crippen LogP contribution in [0.1, 0.15) is 6.42 Å². The molecule has 0 unspecified atom stereocenters. The highest BCUT2D eigenvalue weighted by Crippen LogP contribution is 2.29. The number of rotatable bonds is 1. The van der Waals surface area contributed by atoms with Crippen molar-refractivity contribution in [2.75, 3.05) is 0 Å². The van der Waals surface area contributed by atoms with Gasteiger partial charge in [0.05, 0.1) is 11.9 Å². The van der Waals surface area contributed by atoms with Crippen molar-refractivity contribution in [1.29, 1.82) is 0 Å². The molecule has 5 heteroatoms. The minimum atomic E-state index is -0.877. The minimum Gasteiger partial charge on any atom is -0.478 e. The third kappa shape index (κ3) is 1.67. The molecule has 0 fully saturated rings. The van der Waals surface area contributed by atoms with Crippen LogP contribution in [0.4, 0.5) is 0 Å². The zero-order chi connectivity index (χ0) is 8.55. The number of fused-ring (bicyclic) bond motifs is 1. The number of hydrogen-bond donors (Lipinski definition) is 1. The topological polar surface area (TPSA) is 62.0 Å². The Morgan fingerprint density at radius 1 is 1.46 bits per heavy atom. The Morgan fingerprint density at radius 3 is 2.92 bits per heavy atom. The molecule has 0 bridgehead atoms. The van der Waals surface area contributed by atoms with Crippen molar-refractivity contribution in [2.24, 2.45) is 10.2 Å². The molecule has 0 radical (unpaired) electrons. The first-order valence-electron chi connectivity index (χ1n) is 3.52. The Balaban J connectivity index is 0.000000845. The highest BCUT2D eigenvalue weighted by atomic mass is 35.5. The number of carboxylic acid groups (broad SMARTS) is 1. The van der Waals surface area contributed by atoms with E-state index in [-0.39, 0.29) is 12.4 Å². The lowest BCUT2D eigenvalue weighted by molar-refractivity contribution is -0.132. The molecule has 0 aromatic carbocycles. The van der Waals surface area contributed by atoms with Crippen molar-refractivity contribution < 1.29 is 9.90 Å². The number of allylic oxidation sites excluding steroid dienone is 3. The second-order valence-electron chi connectivity index (χ2n) is 2.60. The Morgan fingerprint density at radius 2 is 2.23 bits per heavy atom. The van der Waals surface area contributed by atoms with E-state index in [9.17, 15) is 4.79 Å². The molecule has 0 saturated carbocycles. The van der Waals surface area contributed by atoms with Gasteiger partial charge in [0.2, 0.25) is 0 Å². The van der Waals surface area contributed by atoms with Gasteiger partial charge in [0.15, 0.2) is 0 Å². The van der Waals surface area contributed by atoms with Gasteiger partial charge in [-0.1, -0.05) is 0 Å². The predicted octanol–water partition coefficient (Wildman–Crippen LogP) is 2.06. The summed E-state index contributed by atoms with van der Waals surface area (Å²) in [6, 6.07) is 0. The lowest BCUT2D eigenvalue weighted by atomic mass is 9.99. The van der Waals surface area contributed by atoms with Gasteiger partial charge in [-0.05, 0) is 12.2 Å². The van der Waals surface area contributed by atoms with E-state index in [1.807, 2.05) is 0 Å². The molecule has 0 saturated heterocycles. The molecule has 1 N–H and O–H groups in total. The molecule has 0 atom stereocenters. The Labute approximate surface area is 80.8 Å². The second kappa shape index (κ2) is 3.53. The second-order valence-corrected chi connectivity index (χ2v) is 2.60. The SMILES string of the molecule is Cl.O=C(O)C1=CC=C2N=NC=C2C1. The zero-order valence-corrected chi connectivity index (χ0v) is 7.41. The lowest BCUT2D eigenvalue weighted by Gasteiger charge is -2.07. The van der Waals surface area contributed by atoms with Gasteiger partial charge >= 0.3 is 5.97 Å². The van der Waals surface area contributed by atoms with Crippen molar-refractivity contribution in [3.8, 4) is 0 Å². The Hall–Kier alpha value is -1.42. The lowest BCUT2D eigenvalue weighted by Crippen LogP contribution is -2.04. The van der Waals surface area contributed by atoms with Gasteiger partial charge in [0.25, 0.3) is 0 Å². The largest absolute Gasteiger partial charge is 0.478 e. The van der Waals surface area contributed by atoms with Crippen LogP contribution in [0, 0.1) is 0 Å². The standard InChI is InChI=1S/C8H6N2O2.ClH/c11-8(12)5-1-2-7-6(3-5)4-9-10-7;/h1-2,4H,3H2,(H,11,12);1H. The Kier molecular flexibility index (Phi) is 2.63. The summed E-state index contributed by atoms with van der Waals surface area (Å²) in [6.07, 6.45) is 5.27. The number of aliphatic carboxylic acids is 1. The van der Waals surface area contributed by atoms with E-state index in [0.29, 0.717) is 12.0 Å². The summed E-state index contributed by atoms with van der Waals surface area (Å²) in [6.45, 7) is 0. The van der Waals surface area contributed by atoms with Crippen LogP contribution < -0.4 is 0 Å². The van der Waals surface area contributed by atoms with E-state index < -0.39 is 5.97 Å². The highest BCUT2D eigenvalue weighted by molar-refractivity contribution is 5.88. The van der Waals surface area contributed by atoms with E-state index >= 15 is 0 Å². The molecule has 4 nitrogen and oxygen atoms in total. The third-order valence-electron chi connectivity index (χ3n) is 1.81. The van der Waals surface area contributed by atoms with Crippen molar-refractivity contribution >= 4 is 18.4 Å².